The fourth-order valence-corrected chi connectivity index (χ4v) is 2.90. The fourth-order valence-electron chi connectivity index (χ4n) is 2.73. The molecule has 0 aromatic heterocycles. The maximum atomic E-state index is 12.3. The van der Waals surface area contributed by atoms with E-state index in [1.165, 1.54) is 6.07 Å². The van der Waals surface area contributed by atoms with E-state index in [-0.39, 0.29) is 30.7 Å². The number of rotatable bonds is 7. The third kappa shape index (κ3) is 3.72. The lowest BCUT2D eigenvalue weighted by Crippen LogP contribution is -2.37. The molecule has 0 atom stereocenters. The van der Waals surface area contributed by atoms with Crippen molar-refractivity contribution >= 4 is 29.3 Å². The summed E-state index contributed by atoms with van der Waals surface area (Å²) >= 11 is 5.88. The van der Waals surface area contributed by atoms with Crippen molar-refractivity contribution < 1.29 is 14.4 Å². The van der Waals surface area contributed by atoms with Gasteiger partial charge >= 0.3 is 0 Å². The molecule has 0 radical (unpaired) electrons. The van der Waals surface area contributed by atoms with Gasteiger partial charge in [-0.15, -0.1) is 0 Å². The number of imide groups is 1. The second-order valence-corrected chi connectivity index (χ2v) is 6.02. The summed E-state index contributed by atoms with van der Waals surface area (Å²) in [5.74, 6) is -0.756. The first kappa shape index (κ1) is 17.5. The molecule has 1 aliphatic heterocycles. The smallest absolute Gasteiger partial charge is 0.261 e. The average Bonchev–Trinajstić information content (AvgIpc) is 2.76. The number of halogens is 1. The van der Waals surface area contributed by atoms with E-state index in [1.54, 1.807) is 17.0 Å². The standard InChI is InChI=1S/C17H21ClN2O3/c1-3-8-19(9-4-2)15(21)7-10-20-16(22)13-6-5-12(18)11-14(13)17(20)23/h5-6,11H,3-4,7-10H2,1-2H3. The van der Waals surface area contributed by atoms with Crippen molar-refractivity contribution in [3.63, 3.8) is 0 Å². The van der Waals surface area contributed by atoms with Gasteiger partial charge in [-0.05, 0) is 31.0 Å². The summed E-state index contributed by atoms with van der Waals surface area (Å²) in [6.45, 7) is 5.54. The number of hydrogen-bond acceptors (Lipinski definition) is 3. The molecule has 1 aromatic carbocycles. The fraction of sp³-hybridized carbons (Fsp3) is 0.471. The van der Waals surface area contributed by atoms with E-state index in [4.69, 9.17) is 11.6 Å². The number of hydrogen-bond donors (Lipinski definition) is 0. The maximum Gasteiger partial charge on any atom is 0.261 e. The lowest BCUT2D eigenvalue weighted by molar-refractivity contribution is -0.131. The molecule has 0 N–H and O–H groups in total. The Balaban J connectivity index is 2.03. The van der Waals surface area contributed by atoms with E-state index in [9.17, 15) is 14.4 Å². The summed E-state index contributed by atoms with van der Waals surface area (Å²) in [4.78, 5) is 39.8. The predicted molar refractivity (Wildman–Crippen MR) is 88.6 cm³/mol. The second kappa shape index (κ2) is 7.59. The van der Waals surface area contributed by atoms with Crippen LogP contribution < -0.4 is 0 Å². The van der Waals surface area contributed by atoms with Gasteiger partial charge in [0.25, 0.3) is 11.8 Å². The summed E-state index contributed by atoms with van der Waals surface area (Å²) in [5, 5.41) is 0.417. The molecule has 0 saturated heterocycles. The van der Waals surface area contributed by atoms with Crippen LogP contribution in [0.25, 0.3) is 0 Å². The molecule has 0 spiro atoms. The number of nitrogens with zero attached hydrogens (tertiary/aromatic N) is 2. The molecule has 0 unspecified atom stereocenters. The summed E-state index contributed by atoms with van der Waals surface area (Å²) in [5.41, 5.74) is 0.666. The molecule has 1 aromatic rings. The van der Waals surface area contributed by atoms with Crippen molar-refractivity contribution in [3.05, 3.63) is 34.3 Å². The number of benzene rings is 1. The van der Waals surface area contributed by atoms with Crippen LogP contribution >= 0.6 is 11.6 Å². The van der Waals surface area contributed by atoms with Crippen LogP contribution in [-0.2, 0) is 4.79 Å². The van der Waals surface area contributed by atoms with Crippen LogP contribution in [0.4, 0.5) is 0 Å². The van der Waals surface area contributed by atoms with Gasteiger partial charge in [-0.25, -0.2) is 0 Å². The number of fused-ring (bicyclic) bond motifs is 1. The Kier molecular flexibility index (Phi) is 5.77. The van der Waals surface area contributed by atoms with Gasteiger partial charge in [-0.2, -0.15) is 0 Å². The van der Waals surface area contributed by atoms with Crippen molar-refractivity contribution in [3.8, 4) is 0 Å². The van der Waals surface area contributed by atoms with Gasteiger partial charge in [-0.1, -0.05) is 25.4 Å². The molecule has 1 heterocycles. The van der Waals surface area contributed by atoms with Gasteiger partial charge in [0, 0.05) is 31.1 Å². The van der Waals surface area contributed by atoms with Gasteiger partial charge in [-0.3, -0.25) is 19.3 Å². The van der Waals surface area contributed by atoms with Crippen LogP contribution in [0.3, 0.4) is 0 Å². The number of carbonyl (C=O) groups excluding carboxylic acids is 3. The molecular formula is C17H21ClN2O3. The minimum Gasteiger partial charge on any atom is -0.343 e. The van der Waals surface area contributed by atoms with Crippen molar-refractivity contribution in [1.82, 2.24) is 9.80 Å². The first-order valence-electron chi connectivity index (χ1n) is 7.93. The van der Waals surface area contributed by atoms with Crippen LogP contribution in [0.1, 0.15) is 53.8 Å². The minimum absolute atomic E-state index is 0.0247. The lowest BCUT2D eigenvalue weighted by Gasteiger charge is -2.22. The third-order valence-electron chi connectivity index (χ3n) is 3.82. The largest absolute Gasteiger partial charge is 0.343 e. The van der Waals surface area contributed by atoms with Gasteiger partial charge < -0.3 is 4.90 Å². The van der Waals surface area contributed by atoms with E-state index >= 15 is 0 Å². The van der Waals surface area contributed by atoms with E-state index < -0.39 is 0 Å². The molecule has 0 bridgehead atoms. The molecule has 0 saturated carbocycles. The molecule has 124 valence electrons. The van der Waals surface area contributed by atoms with Crippen LogP contribution in [0, 0.1) is 0 Å². The van der Waals surface area contributed by atoms with Gasteiger partial charge in [0.05, 0.1) is 11.1 Å². The highest BCUT2D eigenvalue weighted by Gasteiger charge is 2.35. The molecule has 6 heteroatoms. The second-order valence-electron chi connectivity index (χ2n) is 5.58. The van der Waals surface area contributed by atoms with Crippen molar-refractivity contribution in [1.29, 1.82) is 0 Å². The number of carbonyl (C=O) groups is 3. The lowest BCUT2D eigenvalue weighted by atomic mass is 10.1. The molecule has 5 nitrogen and oxygen atoms in total. The van der Waals surface area contributed by atoms with Crippen molar-refractivity contribution in [2.75, 3.05) is 19.6 Å². The quantitative estimate of drug-likeness (QED) is 0.719. The van der Waals surface area contributed by atoms with E-state index in [0.717, 1.165) is 17.7 Å². The zero-order chi connectivity index (χ0) is 17.0. The summed E-state index contributed by atoms with van der Waals surface area (Å²) < 4.78 is 0. The topological polar surface area (TPSA) is 57.7 Å². The van der Waals surface area contributed by atoms with E-state index in [0.29, 0.717) is 29.2 Å². The highest BCUT2D eigenvalue weighted by molar-refractivity contribution is 6.32. The van der Waals surface area contributed by atoms with Crippen LogP contribution in [-0.4, -0.2) is 47.2 Å². The molecule has 3 amide bonds. The third-order valence-corrected chi connectivity index (χ3v) is 4.06. The Morgan fingerprint density at radius 1 is 1.09 bits per heavy atom. The first-order chi connectivity index (χ1) is 11.0. The van der Waals surface area contributed by atoms with E-state index in [1.807, 2.05) is 13.8 Å². The van der Waals surface area contributed by atoms with Crippen molar-refractivity contribution in [2.24, 2.45) is 0 Å². The monoisotopic (exact) mass is 336 g/mol. The molecule has 0 fully saturated rings. The Morgan fingerprint density at radius 3 is 2.30 bits per heavy atom. The highest BCUT2D eigenvalue weighted by atomic mass is 35.5. The summed E-state index contributed by atoms with van der Waals surface area (Å²) in [6.07, 6.45) is 1.92. The van der Waals surface area contributed by atoms with Gasteiger partial charge in [0.1, 0.15) is 0 Å². The Hall–Kier alpha value is -1.88. The average molecular weight is 337 g/mol. The summed E-state index contributed by atoms with van der Waals surface area (Å²) in [7, 11) is 0. The van der Waals surface area contributed by atoms with E-state index in [2.05, 4.69) is 0 Å². The molecule has 23 heavy (non-hydrogen) atoms. The molecule has 1 aliphatic rings. The normalized spacial score (nSPS) is 13.4. The molecule has 0 aliphatic carbocycles. The predicted octanol–water partition coefficient (Wildman–Crippen LogP) is 2.97. The van der Waals surface area contributed by atoms with Crippen LogP contribution in [0.15, 0.2) is 18.2 Å². The zero-order valence-electron chi connectivity index (χ0n) is 13.5. The van der Waals surface area contributed by atoms with Crippen LogP contribution in [0.5, 0.6) is 0 Å². The highest BCUT2D eigenvalue weighted by Crippen LogP contribution is 2.25. The zero-order valence-corrected chi connectivity index (χ0v) is 14.2. The molecule has 2 rings (SSSR count). The Labute approximate surface area is 141 Å². The van der Waals surface area contributed by atoms with Crippen molar-refractivity contribution in [2.45, 2.75) is 33.1 Å². The Bertz CT molecular complexity index is 624. The first-order valence-corrected chi connectivity index (χ1v) is 8.30. The number of amides is 3. The van der Waals surface area contributed by atoms with Gasteiger partial charge in [0.2, 0.25) is 5.91 Å². The SMILES string of the molecule is CCCN(CCC)C(=O)CCN1C(=O)c2ccc(Cl)cc2C1=O. The maximum absolute atomic E-state index is 12.3. The molecular weight excluding hydrogens is 316 g/mol. The Morgan fingerprint density at radius 2 is 1.70 bits per heavy atom. The minimum atomic E-state index is -0.377. The van der Waals surface area contributed by atoms with Crippen LogP contribution in [0.2, 0.25) is 5.02 Å². The van der Waals surface area contributed by atoms with Gasteiger partial charge in [0.15, 0.2) is 0 Å². The summed E-state index contributed by atoms with van der Waals surface area (Å²) in [6, 6.07) is 4.64.